The lowest BCUT2D eigenvalue weighted by molar-refractivity contribution is -0.133. The summed E-state index contributed by atoms with van der Waals surface area (Å²) in [5, 5.41) is 2.84. The van der Waals surface area contributed by atoms with Gasteiger partial charge in [-0.25, -0.2) is 18.1 Å². The summed E-state index contributed by atoms with van der Waals surface area (Å²) in [4.78, 5) is 28.5. The number of nitrogens with one attached hydrogen (secondary N) is 1. The fourth-order valence-electron chi connectivity index (χ4n) is 3.89. The zero-order valence-electron chi connectivity index (χ0n) is 15.6. The number of halogens is 1. The molecule has 28 heavy (non-hydrogen) atoms. The number of carbonyl (C=O) groups excluding carboxylic acids is 2. The molecule has 3 amide bonds. The van der Waals surface area contributed by atoms with E-state index >= 15 is 0 Å². The minimum absolute atomic E-state index is 0.178. The van der Waals surface area contributed by atoms with E-state index < -0.39 is 15.6 Å². The van der Waals surface area contributed by atoms with Crippen molar-refractivity contribution in [2.75, 3.05) is 32.8 Å². The number of carbonyl (C=O) groups is 2. The molecule has 1 aromatic carbocycles. The molecule has 0 unspecified atom stereocenters. The van der Waals surface area contributed by atoms with Crippen molar-refractivity contribution in [1.29, 1.82) is 0 Å². The zero-order chi connectivity index (χ0) is 20.1. The van der Waals surface area contributed by atoms with Gasteiger partial charge in [0.15, 0.2) is 0 Å². The van der Waals surface area contributed by atoms with Gasteiger partial charge in [-0.3, -0.25) is 9.69 Å². The standard InChI is InChI=1S/C18H23BrN4O4S/c1-18(13-6-7-13)16(24)23(17(25)20-18)12-21-8-10-22(11-9-21)28(26,27)15-5-3-2-4-14(15)19/h2-5,13H,6-12H2,1H3,(H,20,25)/t18-/m1/s1. The number of benzene rings is 1. The van der Waals surface area contributed by atoms with Crippen LogP contribution < -0.4 is 5.32 Å². The first kappa shape index (κ1) is 19.8. The van der Waals surface area contributed by atoms with Crippen LogP contribution >= 0.6 is 15.9 Å². The Morgan fingerprint density at radius 3 is 2.39 bits per heavy atom. The molecule has 1 N–H and O–H groups in total. The molecule has 0 aromatic heterocycles. The van der Waals surface area contributed by atoms with Gasteiger partial charge in [-0.15, -0.1) is 0 Å². The van der Waals surface area contributed by atoms with Crippen LogP contribution in [0, 0.1) is 5.92 Å². The van der Waals surface area contributed by atoms with Crippen LogP contribution in [0.3, 0.4) is 0 Å². The molecule has 1 aromatic rings. The van der Waals surface area contributed by atoms with Crippen LogP contribution in [0.1, 0.15) is 19.8 Å². The zero-order valence-corrected chi connectivity index (χ0v) is 18.0. The molecule has 3 aliphatic rings. The number of piperazine rings is 1. The van der Waals surface area contributed by atoms with Crippen LogP contribution in [0.4, 0.5) is 4.79 Å². The number of nitrogens with zero attached hydrogens (tertiary/aromatic N) is 3. The molecule has 3 fully saturated rings. The summed E-state index contributed by atoms with van der Waals surface area (Å²) in [6.45, 7) is 3.53. The van der Waals surface area contributed by atoms with Gasteiger partial charge in [0.05, 0.1) is 11.6 Å². The fourth-order valence-corrected chi connectivity index (χ4v) is 6.27. The first-order valence-corrected chi connectivity index (χ1v) is 11.6. The molecule has 0 radical (unpaired) electrons. The lowest BCUT2D eigenvalue weighted by atomic mass is 9.96. The highest BCUT2D eigenvalue weighted by molar-refractivity contribution is 9.10. The fraction of sp³-hybridized carbons (Fsp3) is 0.556. The summed E-state index contributed by atoms with van der Waals surface area (Å²) >= 11 is 3.30. The lowest BCUT2D eigenvalue weighted by Gasteiger charge is -2.35. The second-order valence-electron chi connectivity index (χ2n) is 7.73. The van der Waals surface area contributed by atoms with E-state index in [1.54, 1.807) is 31.2 Å². The Hall–Kier alpha value is -1.49. The van der Waals surface area contributed by atoms with Gasteiger partial charge in [-0.1, -0.05) is 12.1 Å². The number of sulfonamides is 1. The van der Waals surface area contributed by atoms with Crippen molar-refractivity contribution in [3.8, 4) is 0 Å². The van der Waals surface area contributed by atoms with E-state index in [4.69, 9.17) is 0 Å². The molecular weight excluding hydrogens is 448 g/mol. The normalized spacial score (nSPS) is 27.3. The third kappa shape index (κ3) is 3.36. The van der Waals surface area contributed by atoms with E-state index in [0.29, 0.717) is 30.7 Å². The maximum absolute atomic E-state index is 12.9. The largest absolute Gasteiger partial charge is 0.326 e. The summed E-state index contributed by atoms with van der Waals surface area (Å²) in [7, 11) is -3.59. The quantitative estimate of drug-likeness (QED) is 0.657. The predicted molar refractivity (Wildman–Crippen MR) is 106 cm³/mol. The Balaban J connectivity index is 1.39. The highest BCUT2D eigenvalue weighted by Crippen LogP contribution is 2.42. The third-order valence-electron chi connectivity index (χ3n) is 5.82. The van der Waals surface area contributed by atoms with Crippen molar-refractivity contribution in [3.05, 3.63) is 28.7 Å². The van der Waals surface area contributed by atoms with Crippen molar-refractivity contribution < 1.29 is 18.0 Å². The van der Waals surface area contributed by atoms with Gasteiger partial charge in [0.2, 0.25) is 10.0 Å². The molecule has 1 aliphatic carbocycles. The molecular formula is C18H23BrN4O4S. The minimum atomic E-state index is -3.59. The van der Waals surface area contributed by atoms with Crippen molar-refractivity contribution in [3.63, 3.8) is 0 Å². The average molecular weight is 471 g/mol. The number of hydrogen-bond donors (Lipinski definition) is 1. The molecule has 2 heterocycles. The van der Waals surface area contributed by atoms with Gasteiger partial charge in [0, 0.05) is 30.7 Å². The number of urea groups is 1. The average Bonchev–Trinajstić information content (AvgIpc) is 3.48. The summed E-state index contributed by atoms with van der Waals surface area (Å²) in [5.74, 6) is 0.0449. The second kappa shape index (κ2) is 7.08. The summed E-state index contributed by atoms with van der Waals surface area (Å²) in [6.07, 6.45) is 1.92. The molecule has 1 atom stereocenters. The summed E-state index contributed by atoms with van der Waals surface area (Å²) < 4.78 is 27.7. The van der Waals surface area contributed by atoms with Crippen LogP contribution in [-0.4, -0.2) is 72.8 Å². The van der Waals surface area contributed by atoms with E-state index in [2.05, 4.69) is 21.2 Å². The van der Waals surface area contributed by atoms with Crippen molar-refractivity contribution in [2.45, 2.75) is 30.2 Å². The van der Waals surface area contributed by atoms with E-state index in [-0.39, 0.29) is 29.4 Å². The predicted octanol–water partition coefficient (Wildman–Crippen LogP) is 1.43. The van der Waals surface area contributed by atoms with Gasteiger partial charge < -0.3 is 5.32 Å². The van der Waals surface area contributed by atoms with Crippen molar-refractivity contribution in [2.24, 2.45) is 5.92 Å². The van der Waals surface area contributed by atoms with Gasteiger partial charge in [0.1, 0.15) is 5.54 Å². The Morgan fingerprint density at radius 2 is 1.79 bits per heavy atom. The Bertz CT molecular complexity index is 912. The molecule has 10 heteroatoms. The number of imide groups is 1. The highest BCUT2D eigenvalue weighted by Gasteiger charge is 2.56. The SMILES string of the molecule is C[C@]1(C2CC2)NC(=O)N(CN2CCN(S(=O)(=O)c3ccccc3Br)CC2)C1=O. The second-order valence-corrected chi connectivity index (χ2v) is 10.5. The van der Waals surface area contributed by atoms with Crippen LogP contribution in [0.15, 0.2) is 33.6 Å². The molecule has 2 aliphatic heterocycles. The van der Waals surface area contributed by atoms with Crippen LogP contribution in [0.5, 0.6) is 0 Å². The molecule has 0 spiro atoms. The van der Waals surface area contributed by atoms with Crippen LogP contribution in [0.25, 0.3) is 0 Å². The monoisotopic (exact) mass is 470 g/mol. The topological polar surface area (TPSA) is 90.0 Å². The van der Waals surface area contributed by atoms with E-state index in [0.717, 1.165) is 12.8 Å². The van der Waals surface area contributed by atoms with E-state index in [9.17, 15) is 18.0 Å². The first-order chi connectivity index (χ1) is 13.2. The summed E-state index contributed by atoms with van der Waals surface area (Å²) in [5.41, 5.74) is -0.790. The van der Waals surface area contributed by atoms with Crippen molar-refractivity contribution >= 4 is 37.9 Å². The lowest BCUT2D eigenvalue weighted by Crippen LogP contribution is -2.53. The van der Waals surface area contributed by atoms with Crippen LogP contribution in [-0.2, 0) is 14.8 Å². The minimum Gasteiger partial charge on any atom is -0.323 e. The Morgan fingerprint density at radius 1 is 1.14 bits per heavy atom. The maximum Gasteiger partial charge on any atom is 0.326 e. The van der Waals surface area contributed by atoms with Gasteiger partial charge in [0.25, 0.3) is 5.91 Å². The number of hydrogen-bond acceptors (Lipinski definition) is 5. The van der Waals surface area contributed by atoms with Crippen molar-refractivity contribution in [1.82, 2.24) is 19.4 Å². The Kier molecular flexibility index (Phi) is 5.01. The van der Waals surface area contributed by atoms with Gasteiger partial charge >= 0.3 is 6.03 Å². The summed E-state index contributed by atoms with van der Waals surface area (Å²) in [6, 6.07) is 6.40. The molecule has 0 bridgehead atoms. The van der Waals surface area contributed by atoms with Crippen LogP contribution in [0.2, 0.25) is 0 Å². The molecule has 4 rings (SSSR count). The Labute approximate surface area is 173 Å². The smallest absolute Gasteiger partial charge is 0.323 e. The van der Waals surface area contributed by atoms with Gasteiger partial charge in [-0.2, -0.15) is 4.31 Å². The molecule has 2 saturated heterocycles. The van der Waals surface area contributed by atoms with Gasteiger partial charge in [-0.05, 0) is 53.7 Å². The van der Waals surface area contributed by atoms with E-state index in [1.165, 1.54) is 9.21 Å². The van der Waals surface area contributed by atoms with E-state index in [1.807, 2.05) is 4.90 Å². The third-order valence-corrected chi connectivity index (χ3v) is 8.73. The first-order valence-electron chi connectivity index (χ1n) is 9.34. The number of rotatable bonds is 5. The molecule has 1 saturated carbocycles. The maximum atomic E-state index is 12.9. The molecule has 8 nitrogen and oxygen atoms in total. The highest BCUT2D eigenvalue weighted by atomic mass is 79.9. The number of amides is 3. The molecule has 152 valence electrons.